The van der Waals surface area contributed by atoms with Crippen molar-refractivity contribution in [3.05, 3.63) is 53.6 Å². The number of ether oxygens (including phenoxy) is 2. The van der Waals surface area contributed by atoms with Crippen LogP contribution in [0.25, 0.3) is 0 Å². The number of halogens is 1. The van der Waals surface area contributed by atoms with E-state index in [1.807, 2.05) is 0 Å². The molecule has 0 aliphatic rings. The average Bonchev–Trinajstić information content (AvgIpc) is 2.41. The zero-order valence-corrected chi connectivity index (χ0v) is 11.6. The number of nitrogens with two attached hydrogens (primary N) is 1. The molecule has 0 spiro atoms. The van der Waals surface area contributed by atoms with Gasteiger partial charge in [-0.15, -0.1) is 0 Å². The summed E-state index contributed by atoms with van der Waals surface area (Å²) in [6.45, 7) is 1.60. The molecule has 0 aromatic heterocycles. The van der Waals surface area contributed by atoms with Crippen LogP contribution in [0.3, 0.4) is 0 Å². The van der Waals surface area contributed by atoms with Crippen molar-refractivity contribution in [3.63, 3.8) is 0 Å². The summed E-state index contributed by atoms with van der Waals surface area (Å²) in [6, 6.07) is 13.6. The van der Waals surface area contributed by atoms with Gasteiger partial charge < -0.3 is 15.2 Å². The van der Waals surface area contributed by atoms with Crippen LogP contribution in [0.15, 0.2) is 48.5 Å². The molecule has 0 heterocycles. The second-order valence-electron chi connectivity index (χ2n) is 4.18. The molecule has 2 aromatic rings. The van der Waals surface area contributed by atoms with Gasteiger partial charge in [-0.3, -0.25) is 0 Å². The fourth-order valence-electron chi connectivity index (χ4n) is 1.56. The Morgan fingerprint density at radius 1 is 1.20 bits per heavy atom. The van der Waals surface area contributed by atoms with Crippen molar-refractivity contribution < 1.29 is 14.3 Å². The van der Waals surface area contributed by atoms with Crippen molar-refractivity contribution in [1.29, 1.82) is 0 Å². The second kappa shape index (κ2) is 6.30. The lowest BCUT2D eigenvalue weighted by atomic mass is 10.3. The minimum absolute atomic E-state index is 0.308. The number of esters is 1. The molecular formula is C15H14ClNO3. The number of hydrogen-bond acceptors (Lipinski definition) is 4. The molecule has 104 valence electrons. The average molecular weight is 292 g/mol. The Kier molecular flexibility index (Phi) is 4.48. The van der Waals surface area contributed by atoms with E-state index in [2.05, 4.69) is 0 Å². The summed E-state index contributed by atoms with van der Waals surface area (Å²) in [6.07, 6.45) is -0.770. The fourth-order valence-corrected chi connectivity index (χ4v) is 1.73. The maximum atomic E-state index is 11.9. The van der Waals surface area contributed by atoms with Crippen molar-refractivity contribution in [2.24, 2.45) is 0 Å². The van der Waals surface area contributed by atoms with Gasteiger partial charge in [0.25, 0.3) is 0 Å². The van der Waals surface area contributed by atoms with E-state index in [4.69, 9.17) is 26.8 Å². The molecular weight excluding hydrogens is 278 g/mol. The van der Waals surface area contributed by atoms with Crippen molar-refractivity contribution in [3.8, 4) is 11.5 Å². The first kappa shape index (κ1) is 14.2. The van der Waals surface area contributed by atoms with E-state index in [0.29, 0.717) is 22.2 Å². The van der Waals surface area contributed by atoms with Gasteiger partial charge in [0.15, 0.2) is 6.10 Å². The van der Waals surface area contributed by atoms with Crippen molar-refractivity contribution >= 4 is 23.3 Å². The van der Waals surface area contributed by atoms with Crippen LogP contribution in [0.5, 0.6) is 11.5 Å². The first-order valence-electron chi connectivity index (χ1n) is 6.04. The molecule has 5 heteroatoms. The number of carbonyl (C=O) groups is 1. The van der Waals surface area contributed by atoms with Crippen LogP contribution >= 0.6 is 11.6 Å². The van der Waals surface area contributed by atoms with Crippen molar-refractivity contribution in [2.75, 3.05) is 5.73 Å². The number of anilines is 1. The predicted octanol–water partition coefficient (Wildman–Crippen LogP) is 3.30. The highest BCUT2D eigenvalue weighted by Gasteiger charge is 2.18. The number of benzene rings is 2. The molecule has 0 radical (unpaired) electrons. The van der Waals surface area contributed by atoms with Gasteiger partial charge in [-0.1, -0.05) is 29.8 Å². The minimum atomic E-state index is -0.770. The molecule has 2 N–H and O–H groups in total. The van der Waals surface area contributed by atoms with Crippen LogP contribution in [0.4, 0.5) is 5.69 Å². The molecule has 0 bridgehead atoms. The number of rotatable bonds is 4. The van der Waals surface area contributed by atoms with E-state index in [1.165, 1.54) is 0 Å². The Bertz CT molecular complexity index is 616. The van der Waals surface area contributed by atoms with E-state index < -0.39 is 12.1 Å². The molecule has 4 nitrogen and oxygen atoms in total. The van der Waals surface area contributed by atoms with E-state index >= 15 is 0 Å². The summed E-state index contributed by atoms with van der Waals surface area (Å²) in [5.74, 6) is 0.288. The standard InChI is InChI=1S/C15H14ClNO3/c1-10(19-12-6-4-5-11(17)9-12)15(18)20-14-8-3-2-7-13(14)16/h2-10H,17H2,1H3/t10-/m1/s1. The third-order valence-electron chi connectivity index (χ3n) is 2.55. The van der Waals surface area contributed by atoms with Gasteiger partial charge in [0.2, 0.25) is 0 Å². The molecule has 0 saturated carbocycles. The Labute approximate surface area is 122 Å². The Hall–Kier alpha value is -2.20. The molecule has 0 unspecified atom stereocenters. The van der Waals surface area contributed by atoms with Gasteiger partial charge in [0, 0.05) is 11.8 Å². The molecule has 0 saturated heterocycles. The summed E-state index contributed by atoms with van der Waals surface area (Å²) in [5, 5.41) is 0.372. The maximum Gasteiger partial charge on any atom is 0.352 e. The topological polar surface area (TPSA) is 61.5 Å². The fraction of sp³-hybridized carbons (Fsp3) is 0.133. The summed E-state index contributed by atoms with van der Waals surface area (Å²) in [4.78, 5) is 11.9. The summed E-state index contributed by atoms with van der Waals surface area (Å²) in [7, 11) is 0. The predicted molar refractivity (Wildman–Crippen MR) is 78.0 cm³/mol. The van der Waals surface area contributed by atoms with E-state index in [0.717, 1.165) is 0 Å². The van der Waals surface area contributed by atoms with Crippen LogP contribution in [-0.2, 0) is 4.79 Å². The van der Waals surface area contributed by atoms with Crippen LogP contribution in [0, 0.1) is 0 Å². The zero-order valence-electron chi connectivity index (χ0n) is 10.9. The third-order valence-corrected chi connectivity index (χ3v) is 2.86. The number of nitrogen functional groups attached to an aromatic ring is 1. The summed E-state index contributed by atoms with van der Waals surface area (Å²) < 4.78 is 10.7. The molecule has 20 heavy (non-hydrogen) atoms. The molecule has 0 fully saturated rings. The second-order valence-corrected chi connectivity index (χ2v) is 4.59. The lowest BCUT2D eigenvalue weighted by Crippen LogP contribution is -2.28. The molecule has 0 aliphatic carbocycles. The summed E-state index contributed by atoms with van der Waals surface area (Å²) in [5.41, 5.74) is 6.20. The SMILES string of the molecule is C[C@@H](Oc1cccc(N)c1)C(=O)Oc1ccccc1Cl. The van der Waals surface area contributed by atoms with Crippen molar-refractivity contribution in [1.82, 2.24) is 0 Å². The lowest BCUT2D eigenvalue weighted by molar-refractivity contribution is -0.141. The smallest absolute Gasteiger partial charge is 0.352 e. The molecule has 2 aromatic carbocycles. The maximum absolute atomic E-state index is 11.9. The monoisotopic (exact) mass is 291 g/mol. The molecule has 0 aliphatic heterocycles. The van der Waals surface area contributed by atoms with Gasteiger partial charge in [-0.25, -0.2) is 4.79 Å². The highest BCUT2D eigenvalue weighted by molar-refractivity contribution is 6.32. The zero-order chi connectivity index (χ0) is 14.5. The number of para-hydroxylation sites is 1. The largest absolute Gasteiger partial charge is 0.479 e. The van der Waals surface area contributed by atoms with Gasteiger partial charge >= 0.3 is 5.97 Å². The Morgan fingerprint density at radius 2 is 1.95 bits per heavy atom. The first-order chi connectivity index (χ1) is 9.56. The van der Waals surface area contributed by atoms with E-state index in [9.17, 15) is 4.79 Å². The van der Waals surface area contributed by atoms with Gasteiger partial charge in [-0.05, 0) is 31.2 Å². The highest BCUT2D eigenvalue weighted by Crippen LogP contribution is 2.24. The van der Waals surface area contributed by atoms with Gasteiger partial charge in [0.05, 0.1) is 5.02 Å². The minimum Gasteiger partial charge on any atom is -0.479 e. The Balaban J connectivity index is 2.01. The summed E-state index contributed by atoms with van der Waals surface area (Å²) >= 11 is 5.92. The van der Waals surface area contributed by atoms with E-state index in [-0.39, 0.29) is 0 Å². The van der Waals surface area contributed by atoms with Crippen LogP contribution in [0.1, 0.15) is 6.92 Å². The molecule has 0 amide bonds. The quantitative estimate of drug-likeness (QED) is 0.533. The van der Waals surface area contributed by atoms with Crippen LogP contribution in [-0.4, -0.2) is 12.1 Å². The Morgan fingerprint density at radius 3 is 2.65 bits per heavy atom. The molecule has 2 rings (SSSR count). The highest BCUT2D eigenvalue weighted by atomic mass is 35.5. The number of carbonyl (C=O) groups excluding carboxylic acids is 1. The third kappa shape index (κ3) is 3.65. The van der Waals surface area contributed by atoms with Gasteiger partial charge in [-0.2, -0.15) is 0 Å². The molecule has 1 atom stereocenters. The van der Waals surface area contributed by atoms with Crippen molar-refractivity contribution in [2.45, 2.75) is 13.0 Å². The normalized spacial score (nSPS) is 11.7. The van der Waals surface area contributed by atoms with Crippen LogP contribution in [0.2, 0.25) is 5.02 Å². The number of hydrogen-bond donors (Lipinski definition) is 1. The van der Waals surface area contributed by atoms with E-state index in [1.54, 1.807) is 55.5 Å². The first-order valence-corrected chi connectivity index (χ1v) is 6.42. The lowest BCUT2D eigenvalue weighted by Gasteiger charge is -2.14. The van der Waals surface area contributed by atoms with Crippen LogP contribution < -0.4 is 15.2 Å². The van der Waals surface area contributed by atoms with Gasteiger partial charge in [0.1, 0.15) is 11.5 Å².